The van der Waals surface area contributed by atoms with Crippen LogP contribution in [0.25, 0.3) is 11.2 Å². The zero-order chi connectivity index (χ0) is 17.0. The van der Waals surface area contributed by atoms with Crippen LogP contribution in [-0.4, -0.2) is 43.8 Å². The largest absolute Gasteiger partial charge is 0.465 e. The van der Waals surface area contributed by atoms with Gasteiger partial charge in [0, 0.05) is 19.1 Å². The molecule has 0 bridgehead atoms. The number of fused-ring (bicyclic) bond motifs is 1. The quantitative estimate of drug-likeness (QED) is 0.570. The van der Waals surface area contributed by atoms with Crippen LogP contribution in [0.2, 0.25) is 0 Å². The lowest BCUT2D eigenvalue weighted by molar-refractivity contribution is -0.149. The lowest BCUT2D eigenvalue weighted by atomic mass is 10.1. The van der Waals surface area contributed by atoms with E-state index in [9.17, 15) is 14.3 Å². The smallest absolute Gasteiger partial charge is 0.308 e. The Balaban J connectivity index is 2.00. The van der Waals surface area contributed by atoms with Gasteiger partial charge in [0.05, 0.1) is 18.9 Å². The maximum Gasteiger partial charge on any atom is 0.308 e. The highest BCUT2D eigenvalue weighted by Gasteiger charge is 2.16. The standard InChI is InChI=1S/C14H20FN5O3/c1-8(2)13(22)23-6-9(5-21)3-4-20-7-17-10-11(15)18-14(16)19-12(10)20/h7-9,21H,3-6H2,1-2H3,(H2,16,18,19). The molecule has 0 radical (unpaired) electrons. The highest BCUT2D eigenvalue weighted by molar-refractivity contribution is 5.71. The highest BCUT2D eigenvalue weighted by Crippen LogP contribution is 2.16. The molecule has 126 valence electrons. The molecule has 8 nitrogen and oxygen atoms in total. The monoisotopic (exact) mass is 325 g/mol. The second-order valence-corrected chi connectivity index (χ2v) is 5.60. The number of carbonyl (C=O) groups excluding carboxylic acids is 1. The third kappa shape index (κ3) is 4.13. The summed E-state index contributed by atoms with van der Waals surface area (Å²) in [6, 6.07) is 0. The molecule has 0 aliphatic heterocycles. The van der Waals surface area contributed by atoms with Crippen LogP contribution in [0.4, 0.5) is 10.3 Å². The molecule has 0 amide bonds. The number of halogens is 1. The number of nitrogen functional groups attached to an aromatic ring is 1. The number of carbonyl (C=O) groups is 1. The zero-order valence-corrected chi connectivity index (χ0v) is 13.1. The van der Waals surface area contributed by atoms with Gasteiger partial charge < -0.3 is 20.1 Å². The van der Waals surface area contributed by atoms with Crippen LogP contribution in [0.3, 0.4) is 0 Å². The predicted octanol–water partition coefficient (Wildman–Crippen LogP) is 0.745. The maximum atomic E-state index is 13.6. The Labute approximate surface area is 132 Å². The summed E-state index contributed by atoms with van der Waals surface area (Å²) in [5.41, 5.74) is 5.79. The van der Waals surface area contributed by atoms with Gasteiger partial charge in [0.15, 0.2) is 11.2 Å². The number of aryl methyl sites for hydroxylation is 1. The fraction of sp³-hybridized carbons (Fsp3) is 0.571. The van der Waals surface area contributed by atoms with Gasteiger partial charge in [-0.1, -0.05) is 13.8 Å². The van der Waals surface area contributed by atoms with Gasteiger partial charge in [0.1, 0.15) is 0 Å². The number of nitrogens with two attached hydrogens (primary N) is 1. The Kier molecular flexibility index (Phi) is 5.43. The average Bonchev–Trinajstić information content (AvgIpc) is 2.90. The molecule has 2 heterocycles. The molecule has 0 fully saturated rings. The first-order chi connectivity index (χ1) is 10.9. The fourth-order valence-corrected chi connectivity index (χ4v) is 2.00. The number of aliphatic hydroxyl groups is 1. The number of anilines is 1. The van der Waals surface area contributed by atoms with Crippen LogP contribution >= 0.6 is 0 Å². The first-order valence-corrected chi connectivity index (χ1v) is 7.33. The van der Waals surface area contributed by atoms with E-state index in [1.165, 1.54) is 6.33 Å². The summed E-state index contributed by atoms with van der Waals surface area (Å²) in [6.07, 6.45) is 1.95. The number of imidazole rings is 1. The molecule has 2 rings (SSSR count). The van der Waals surface area contributed by atoms with Crippen molar-refractivity contribution in [3.05, 3.63) is 12.3 Å². The molecule has 23 heavy (non-hydrogen) atoms. The van der Waals surface area contributed by atoms with Crippen LogP contribution in [0.1, 0.15) is 20.3 Å². The number of aromatic nitrogens is 4. The highest BCUT2D eigenvalue weighted by atomic mass is 19.1. The fourth-order valence-electron chi connectivity index (χ4n) is 2.00. The third-order valence-corrected chi connectivity index (χ3v) is 3.41. The van der Waals surface area contributed by atoms with E-state index in [0.717, 1.165) is 0 Å². The average molecular weight is 325 g/mol. The summed E-state index contributed by atoms with van der Waals surface area (Å²) in [7, 11) is 0. The third-order valence-electron chi connectivity index (χ3n) is 3.41. The number of esters is 1. The van der Waals surface area contributed by atoms with E-state index in [-0.39, 0.29) is 42.5 Å². The van der Waals surface area contributed by atoms with Crippen LogP contribution in [0, 0.1) is 17.8 Å². The summed E-state index contributed by atoms with van der Waals surface area (Å²) in [6.45, 7) is 3.92. The number of ether oxygens (including phenoxy) is 1. The van der Waals surface area contributed by atoms with Gasteiger partial charge in [-0.2, -0.15) is 14.4 Å². The molecule has 3 N–H and O–H groups in total. The van der Waals surface area contributed by atoms with Gasteiger partial charge in [-0.3, -0.25) is 4.79 Å². The minimum Gasteiger partial charge on any atom is -0.465 e. The van der Waals surface area contributed by atoms with Gasteiger partial charge in [-0.05, 0) is 6.42 Å². The molecule has 1 unspecified atom stereocenters. The van der Waals surface area contributed by atoms with Crippen LogP contribution < -0.4 is 5.73 Å². The number of nitrogens with zero attached hydrogens (tertiary/aromatic N) is 4. The van der Waals surface area contributed by atoms with E-state index in [1.54, 1.807) is 18.4 Å². The molecular formula is C14H20FN5O3. The van der Waals surface area contributed by atoms with Crippen LogP contribution in [-0.2, 0) is 16.1 Å². The normalized spacial score (nSPS) is 12.7. The Morgan fingerprint density at radius 2 is 2.22 bits per heavy atom. The number of hydrogen-bond donors (Lipinski definition) is 2. The van der Waals surface area contributed by atoms with Crippen molar-refractivity contribution in [2.24, 2.45) is 11.8 Å². The molecule has 0 spiro atoms. The van der Waals surface area contributed by atoms with E-state index < -0.39 is 5.95 Å². The Morgan fingerprint density at radius 3 is 2.87 bits per heavy atom. The Hall–Kier alpha value is -2.29. The van der Waals surface area contributed by atoms with Gasteiger partial charge in [0.25, 0.3) is 0 Å². The molecule has 2 aromatic rings. The van der Waals surface area contributed by atoms with Crippen molar-refractivity contribution in [1.29, 1.82) is 0 Å². The lowest BCUT2D eigenvalue weighted by Gasteiger charge is -2.15. The Morgan fingerprint density at radius 1 is 1.48 bits per heavy atom. The van der Waals surface area contributed by atoms with Crippen LogP contribution in [0.15, 0.2) is 6.33 Å². The second-order valence-electron chi connectivity index (χ2n) is 5.60. The zero-order valence-electron chi connectivity index (χ0n) is 13.1. The molecule has 0 aromatic carbocycles. The van der Waals surface area contributed by atoms with Crippen molar-refractivity contribution in [2.75, 3.05) is 18.9 Å². The van der Waals surface area contributed by atoms with E-state index in [0.29, 0.717) is 18.6 Å². The molecule has 2 aromatic heterocycles. The molecule has 9 heteroatoms. The molecule has 0 aliphatic carbocycles. The Bertz CT molecular complexity index is 688. The number of hydrogen-bond acceptors (Lipinski definition) is 7. The van der Waals surface area contributed by atoms with Gasteiger partial charge in [-0.15, -0.1) is 0 Å². The van der Waals surface area contributed by atoms with E-state index >= 15 is 0 Å². The number of aliphatic hydroxyl groups excluding tert-OH is 1. The first kappa shape index (κ1) is 17.1. The summed E-state index contributed by atoms with van der Waals surface area (Å²) in [4.78, 5) is 22.8. The minimum absolute atomic E-state index is 0.0472. The van der Waals surface area contributed by atoms with E-state index in [1.807, 2.05) is 0 Å². The van der Waals surface area contributed by atoms with Crippen molar-refractivity contribution in [3.8, 4) is 0 Å². The van der Waals surface area contributed by atoms with Gasteiger partial charge in [-0.25, -0.2) is 4.98 Å². The van der Waals surface area contributed by atoms with Gasteiger partial charge in [0.2, 0.25) is 11.9 Å². The molecular weight excluding hydrogens is 305 g/mol. The van der Waals surface area contributed by atoms with E-state index in [2.05, 4.69) is 15.0 Å². The topological polar surface area (TPSA) is 116 Å². The summed E-state index contributed by atoms with van der Waals surface area (Å²) >= 11 is 0. The maximum absolute atomic E-state index is 13.6. The molecule has 0 saturated carbocycles. The van der Waals surface area contributed by atoms with Crippen LogP contribution in [0.5, 0.6) is 0 Å². The minimum atomic E-state index is -0.768. The summed E-state index contributed by atoms with van der Waals surface area (Å²) in [5, 5.41) is 9.39. The van der Waals surface area contributed by atoms with E-state index in [4.69, 9.17) is 10.5 Å². The van der Waals surface area contributed by atoms with Crippen molar-refractivity contribution in [3.63, 3.8) is 0 Å². The van der Waals surface area contributed by atoms with Crippen molar-refractivity contribution in [2.45, 2.75) is 26.8 Å². The summed E-state index contributed by atoms with van der Waals surface area (Å²) in [5.74, 6) is -1.68. The lowest BCUT2D eigenvalue weighted by Crippen LogP contribution is -2.21. The van der Waals surface area contributed by atoms with Crippen molar-refractivity contribution in [1.82, 2.24) is 19.5 Å². The predicted molar refractivity (Wildman–Crippen MR) is 80.7 cm³/mol. The first-order valence-electron chi connectivity index (χ1n) is 7.33. The van der Waals surface area contributed by atoms with Gasteiger partial charge >= 0.3 is 5.97 Å². The SMILES string of the molecule is CC(C)C(=O)OCC(CO)CCn1cnc2c(F)nc(N)nc21. The molecule has 0 saturated heterocycles. The summed E-state index contributed by atoms with van der Waals surface area (Å²) < 4.78 is 20.4. The molecule has 1 atom stereocenters. The van der Waals surface area contributed by atoms with Crippen molar-refractivity contribution >= 4 is 23.1 Å². The number of rotatable bonds is 7. The second kappa shape index (κ2) is 7.32. The molecule has 0 aliphatic rings. The van der Waals surface area contributed by atoms with Crippen molar-refractivity contribution < 1.29 is 19.0 Å².